The van der Waals surface area contributed by atoms with Crippen LogP contribution in [0.4, 0.5) is 13.2 Å². The Hall–Kier alpha value is -2.11. The second-order valence-corrected chi connectivity index (χ2v) is 3.80. The van der Waals surface area contributed by atoms with Gasteiger partial charge in [0.05, 0.1) is 17.7 Å². The van der Waals surface area contributed by atoms with Crippen LogP contribution in [0, 0.1) is 11.8 Å². The zero-order valence-electron chi connectivity index (χ0n) is 10.9. The number of halogens is 3. The minimum Gasteiger partial charge on any atom is -0.384 e. The number of ether oxygens (including phenoxy) is 1. The van der Waals surface area contributed by atoms with E-state index in [1.807, 2.05) is 0 Å². The van der Waals surface area contributed by atoms with Crippen LogP contribution >= 0.6 is 0 Å². The van der Waals surface area contributed by atoms with Crippen molar-refractivity contribution < 1.29 is 27.8 Å². The first-order valence-electron chi connectivity index (χ1n) is 5.90. The summed E-state index contributed by atoms with van der Waals surface area (Å²) in [5.74, 6) is 4.45. The topological polar surface area (TPSA) is 71.5 Å². The van der Waals surface area contributed by atoms with Gasteiger partial charge in [-0.1, -0.05) is 11.8 Å². The Labute approximate surface area is 119 Å². The summed E-state index contributed by atoms with van der Waals surface area (Å²) < 4.78 is 39.8. The van der Waals surface area contributed by atoms with Gasteiger partial charge in [0.15, 0.2) is 0 Å². The first-order chi connectivity index (χ1) is 9.94. The van der Waals surface area contributed by atoms with Crippen molar-refractivity contribution in [1.29, 1.82) is 0 Å². The number of hydrogen-bond donors (Lipinski definition) is 2. The fourth-order valence-corrected chi connectivity index (χ4v) is 1.35. The van der Waals surface area contributed by atoms with Crippen molar-refractivity contribution in [3.8, 4) is 11.8 Å². The number of nitrogens with zero attached hydrogens (tertiary/aromatic N) is 1. The van der Waals surface area contributed by atoms with Crippen LogP contribution in [-0.2, 0) is 4.74 Å². The third-order valence-electron chi connectivity index (χ3n) is 2.17. The number of aliphatic hydroxyl groups excluding tert-OH is 1. The van der Waals surface area contributed by atoms with Crippen LogP contribution in [0.5, 0.6) is 0 Å². The summed E-state index contributed by atoms with van der Waals surface area (Å²) in [4.78, 5) is 15.6. The second kappa shape index (κ2) is 8.24. The lowest BCUT2D eigenvalue weighted by Crippen LogP contribution is -2.29. The molecule has 0 aromatic carbocycles. The predicted molar refractivity (Wildman–Crippen MR) is 67.4 cm³/mol. The summed E-state index contributed by atoms with van der Waals surface area (Å²) in [6, 6.07) is 1.42. The molecule has 114 valence electrons. The van der Waals surface area contributed by atoms with E-state index in [1.165, 1.54) is 18.5 Å². The Balaban J connectivity index is 2.49. The quantitative estimate of drug-likeness (QED) is 0.621. The molecule has 0 unspecified atom stereocenters. The van der Waals surface area contributed by atoms with E-state index in [4.69, 9.17) is 5.11 Å². The van der Waals surface area contributed by atoms with E-state index in [9.17, 15) is 18.0 Å². The van der Waals surface area contributed by atoms with Gasteiger partial charge in [-0.3, -0.25) is 9.78 Å². The highest BCUT2D eigenvalue weighted by Gasteiger charge is 2.27. The van der Waals surface area contributed by atoms with Gasteiger partial charge in [0.25, 0.3) is 5.91 Å². The predicted octanol–water partition coefficient (Wildman–Crippen LogP) is 0.734. The van der Waals surface area contributed by atoms with Gasteiger partial charge in [-0.15, -0.1) is 0 Å². The van der Waals surface area contributed by atoms with Crippen LogP contribution in [0.2, 0.25) is 0 Å². The first-order valence-corrected chi connectivity index (χ1v) is 5.90. The monoisotopic (exact) mass is 302 g/mol. The number of carbonyl (C=O) groups excluding carboxylic acids is 1. The molecule has 1 heterocycles. The second-order valence-electron chi connectivity index (χ2n) is 3.80. The SMILES string of the molecule is O=C(NCCOCC(F)(F)F)c1ccncc1C#CCO. The molecule has 1 aromatic heterocycles. The molecule has 0 bridgehead atoms. The van der Waals surface area contributed by atoms with Gasteiger partial charge in [-0.2, -0.15) is 13.2 Å². The van der Waals surface area contributed by atoms with Crippen molar-refractivity contribution in [2.45, 2.75) is 6.18 Å². The summed E-state index contributed by atoms with van der Waals surface area (Å²) in [5.41, 5.74) is 0.544. The van der Waals surface area contributed by atoms with Crippen LogP contribution in [0.1, 0.15) is 15.9 Å². The molecular formula is C13H13F3N2O3. The number of amides is 1. The molecule has 1 amide bonds. The molecule has 0 fully saturated rings. The molecule has 21 heavy (non-hydrogen) atoms. The summed E-state index contributed by atoms with van der Waals surface area (Å²) >= 11 is 0. The lowest BCUT2D eigenvalue weighted by atomic mass is 10.1. The van der Waals surface area contributed by atoms with Crippen molar-refractivity contribution in [2.24, 2.45) is 0 Å². The van der Waals surface area contributed by atoms with Gasteiger partial charge in [-0.05, 0) is 6.07 Å². The maximum absolute atomic E-state index is 11.8. The van der Waals surface area contributed by atoms with E-state index in [0.29, 0.717) is 5.56 Å². The molecule has 2 N–H and O–H groups in total. The fraction of sp³-hybridized carbons (Fsp3) is 0.385. The highest BCUT2D eigenvalue weighted by Crippen LogP contribution is 2.14. The molecule has 0 spiro atoms. The maximum atomic E-state index is 11.8. The minimum atomic E-state index is -4.39. The summed E-state index contributed by atoms with van der Waals surface area (Å²) in [5, 5.41) is 11.0. The van der Waals surface area contributed by atoms with Crippen LogP contribution in [0.3, 0.4) is 0 Å². The number of pyridine rings is 1. The van der Waals surface area contributed by atoms with E-state index in [0.717, 1.165) is 0 Å². The van der Waals surface area contributed by atoms with Gasteiger partial charge in [0.1, 0.15) is 13.2 Å². The number of hydrogen-bond acceptors (Lipinski definition) is 4. The van der Waals surface area contributed by atoms with Crippen molar-refractivity contribution >= 4 is 5.91 Å². The number of rotatable bonds is 5. The standard InChI is InChI=1S/C13H13F3N2O3/c14-13(15,16)9-21-7-5-18-12(20)11-3-4-17-8-10(11)2-1-6-19/h3-4,8,19H,5-7,9H2,(H,18,20). The molecule has 0 aliphatic rings. The molecular weight excluding hydrogens is 289 g/mol. The van der Waals surface area contributed by atoms with Crippen molar-refractivity contribution in [2.75, 3.05) is 26.4 Å². The molecule has 8 heteroatoms. The first kappa shape index (κ1) is 16.9. The lowest BCUT2D eigenvalue weighted by Gasteiger charge is -2.09. The Kier molecular flexibility index (Phi) is 6.65. The van der Waals surface area contributed by atoms with Gasteiger partial charge >= 0.3 is 6.18 Å². The average Bonchev–Trinajstić information content (AvgIpc) is 2.43. The van der Waals surface area contributed by atoms with Crippen LogP contribution in [0.15, 0.2) is 18.5 Å². The summed E-state index contributed by atoms with van der Waals surface area (Å²) in [6.07, 6.45) is -1.64. The molecule has 5 nitrogen and oxygen atoms in total. The van der Waals surface area contributed by atoms with E-state index in [-0.39, 0.29) is 25.3 Å². The number of aromatic nitrogens is 1. The Morgan fingerprint density at radius 3 is 2.90 bits per heavy atom. The van der Waals surface area contributed by atoms with E-state index in [2.05, 4.69) is 26.9 Å². The Bertz CT molecular complexity index is 535. The summed E-state index contributed by atoms with van der Waals surface area (Å²) in [7, 11) is 0. The molecule has 0 saturated carbocycles. The third-order valence-corrected chi connectivity index (χ3v) is 2.17. The van der Waals surface area contributed by atoms with E-state index >= 15 is 0 Å². The Morgan fingerprint density at radius 1 is 1.48 bits per heavy atom. The number of aliphatic hydroxyl groups is 1. The van der Waals surface area contributed by atoms with E-state index in [1.54, 1.807) is 0 Å². The Morgan fingerprint density at radius 2 is 2.24 bits per heavy atom. The molecule has 1 aromatic rings. The normalized spacial score (nSPS) is 10.7. The molecule has 0 atom stereocenters. The number of alkyl halides is 3. The number of nitrogens with one attached hydrogen (secondary N) is 1. The highest BCUT2D eigenvalue weighted by atomic mass is 19.4. The zero-order chi connectivity index (χ0) is 15.7. The van der Waals surface area contributed by atoms with E-state index < -0.39 is 18.7 Å². The maximum Gasteiger partial charge on any atom is 0.411 e. The molecule has 0 aliphatic heterocycles. The van der Waals surface area contributed by atoms with Crippen molar-refractivity contribution in [3.05, 3.63) is 29.6 Å². The van der Waals surface area contributed by atoms with Crippen molar-refractivity contribution in [3.63, 3.8) is 0 Å². The van der Waals surface area contributed by atoms with Crippen molar-refractivity contribution in [1.82, 2.24) is 10.3 Å². The molecule has 0 radical (unpaired) electrons. The largest absolute Gasteiger partial charge is 0.411 e. The number of carbonyl (C=O) groups is 1. The van der Waals surface area contributed by atoms with Gasteiger partial charge in [0.2, 0.25) is 0 Å². The lowest BCUT2D eigenvalue weighted by molar-refractivity contribution is -0.173. The third kappa shape index (κ3) is 6.74. The zero-order valence-corrected chi connectivity index (χ0v) is 10.9. The van der Waals surface area contributed by atoms with Crippen LogP contribution in [-0.4, -0.2) is 48.5 Å². The van der Waals surface area contributed by atoms with Crippen LogP contribution in [0.25, 0.3) is 0 Å². The summed E-state index contributed by atoms with van der Waals surface area (Å²) in [6.45, 7) is -2.04. The fourth-order valence-electron chi connectivity index (χ4n) is 1.35. The van der Waals surface area contributed by atoms with Crippen LogP contribution < -0.4 is 5.32 Å². The van der Waals surface area contributed by atoms with Gasteiger partial charge < -0.3 is 15.2 Å². The molecule has 0 aliphatic carbocycles. The average molecular weight is 302 g/mol. The van der Waals surface area contributed by atoms with Gasteiger partial charge in [0, 0.05) is 18.9 Å². The molecule has 0 saturated heterocycles. The highest BCUT2D eigenvalue weighted by molar-refractivity contribution is 5.96. The minimum absolute atomic E-state index is 0.0654. The van der Waals surface area contributed by atoms with Gasteiger partial charge in [-0.25, -0.2) is 0 Å². The smallest absolute Gasteiger partial charge is 0.384 e. The molecule has 1 rings (SSSR count).